The molecule has 3 aromatic heterocycles. The number of ether oxygens (including phenoxy) is 1. The number of anilines is 1. The van der Waals surface area contributed by atoms with Gasteiger partial charge in [-0.05, 0) is 58.6 Å². The van der Waals surface area contributed by atoms with Crippen molar-refractivity contribution in [3.63, 3.8) is 0 Å². The van der Waals surface area contributed by atoms with Gasteiger partial charge in [-0.2, -0.15) is 0 Å². The van der Waals surface area contributed by atoms with Crippen molar-refractivity contribution < 1.29 is 9.53 Å². The van der Waals surface area contributed by atoms with Crippen molar-refractivity contribution in [3.8, 4) is 11.3 Å². The maximum Gasteiger partial charge on any atom is 0.306 e. The molecule has 1 aliphatic rings. The van der Waals surface area contributed by atoms with Crippen LogP contribution in [0.1, 0.15) is 45.9 Å². The topological polar surface area (TPSA) is 92.8 Å². The second-order valence-corrected chi connectivity index (χ2v) is 8.75. The van der Waals surface area contributed by atoms with Gasteiger partial charge in [0, 0.05) is 42.0 Å². The summed E-state index contributed by atoms with van der Waals surface area (Å²) in [5, 5.41) is 4.71. The molecule has 4 rings (SSSR count). The Labute approximate surface area is 170 Å². The quantitative estimate of drug-likeness (QED) is 0.630. The van der Waals surface area contributed by atoms with Gasteiger partial charge in [0.2, 0.25) is 0 Å². The van der Waals surface area contributed by atoms with Crippen LogP contribution in [0.25, 0.3) is 22.3 Å². The molecule has 0 saturated heterocycles. The van der Waals surface area contributed by atoms with Crippen LogP contribution in [0.15, 0.2) is 30.7 Å². The Morgan fingerprint density at radius 1 is 1.28 bits per heavy atom. The van der Waals surface area contributed by atoms with Crippen molar-refractivity contribution in [2.45, 2.75) is 58.6 Å². The zero-order valence-electron chi connectivity index (χ0n) is 17.3. The molecule has 0 unspecified atom stereocenters. The first kappa shape index (κ1) is 19.4. The van der Waals surface area contributed by atoms with E-state index in [0.29, 0.717) is 18.4 Å². The number of nitrogens with one attached hydrogen (secondary N) is 2. The van der Waals surface area contributed by atoms with Crippen molar-refractivity contribution in [1.82, 2.24) is 19.9 Å². The second kappa shape index (κ2) is 7.46. The molecule has 1 aliphatic carbocycles. The smallest absolute Gasteiger partial charge is 0.306 e. The third kappa shape index (κ3) is 4.39. The van der Waals surface area contributed by atoms with E-state index in [4.69, 9.17) is 4.74 Å². The van der Waals surface area contributed by atoms with Crippen LogP contribution in [0, 0.1) is 12.8 Å². The molecule has 152 valence electrons. The first-order valence-electron chi connectivity index (χ1n) is 10.0. The highest BCUT2D eigenvalue weighted by Crippen LogP contribution is 2.38. The number of nitrogens with zero attached hydrogens (tertiary/aromatic N) is 3. The minimum absolute atomic E-state index is 0.116. The van der Waals surface area contributed by atoms with Crippen molar-refractivity contribution in [3.05, 3.63) is 36.5 Å². The predicted octanol–water partition coefficient (Wildman–Crippen LogP) is 4.25. The molecule has 0 spiro atoms. The summed E-state index contributed by atoms with van der Waals surface area (Å²) >= 11 is 0. The molecule has 3 aromatic rings. The molecule has 0 radical (unpaired) electrons. The van der Waals surface area contributed by atoms with Gasteiger partial charge in [-0.25, -0.2) is 15.0 Å². The summed E-state index contributed by atoms with van der Waals surface area (Å²) in [6.07, 6.45) is 7.86. The third-order valence-corrected chi connectivity index (χ3v) is 5.10. The number of aryl methyl sites for hydroxylation is 1. The molecular weight excluding hydrogens is 366 g/mol. The van der Waals surface area contributed by atoms with Crippen LogP contribution >= 0.6 is 0 Å². The highest BCUT2D eigenvalue weighted by atomic mass is 16.6. The number of H-pyrrole nitrogens is 1. The van der Waals surface area contributed by atoms with Gasteiger partial charge in [0.15, 0.2) is 0 Å². The van der Waals surface area contributed by atoms with Crippen LogP contribution in [0.3, 0.4) is 0 Å². The van der Waals surface area contributed by atoms with E-state index >= 15 is 0 Å². The first-order valence-corrected chi connectivity index (χ1v) is 10.0. The van der Waals surface area contributed by atoms with Crippen LogP contribution in [0.4, 0.5) is 5.69 Å². The highest BCUT2D eigenvalue weighted by Gasteiger charge is 2.33. The molecule has 3 heterocycles. The van der Waals surface area contributed by atoms with Crippen LogP contribution < -0.4 is 5.32 Å². The molecule has 0 amide bonds. The maximum absolute atomic E-state index is 12.1. The van der Waals surface area contributed by atoms with Crippen molar-refractivity contribution in [2.24, 2.45) is 5.92 Å². The Balaban J connectivity index is 1.50. The summed E-state index contributed by atoms with van der Waals surface area (Å²) in [6, 6.07) is 4.24. The number of carbonyl (C=O) groups is 1. The van der Waals surface area contributed by atoms with Gasteiger partial charge in [0.1, 0.15) is 17.1 Å². The number of carbonyl (C=O) groups excluding carboxylic acids is 1. The normalized spacial score (nSPS) is 19.0. The lowest BCUT2D eigenvalue weighted by atomic mass is 9.78. The molecule has 1 saturated carbocycles. The van der Waals surface area contributed by atoms with Crippen molar-refractivity contribution in [1.29, 1.82) is 0 Å². The van der Waals surface area contributed by atoms with Crippen LogP contribution in [-0.2, 0) is 9.53 Å². The highest BCUT2D eigenvalue weighted by molar-refractivity contribution is 5.97. The van der Waals surface area contributed by atoms with E-state index < -0.39 is 5.60 Å². The van der Waals surface area contributed by atoms with Crippen LogP contribution in [0.5, 0.6) is 0 Å². The van der Waals surface area contributed by atoms with E-state index in [2.05, 4.69) is 25.3 Å². The Kier molecular flexibility index (Phi) is 4.98. The van der Waals surface area contributed by atoms with Crippen molar-refractivity contribution in [2.75, 3.05) is 5.32 Å². The molecule has 0 aromatic carbocycles. The molecular formula is C22H27N5O2. The van der Waals surface area contributed by atoms with Gasteiger partial charge < -0.3 is 15.0 Å². The number of aromatic amines is 1. The number of hydrogen-bond donors (Lipinski definition) is 2. The zero-order chi connectivity index (χ0) is 20.6. The van der Waals surface area contributed by atoms with Gasteiger partial charge in [0.05, 0.1) is 11.4 Å². The summed E-state index contributed by atoms with van der Waals surface area (Å²) in [5.74, 6) is 0.967. The van der Waals surface area contributed by atoms with E-state index in [1.165, 1.54) is 0 Å². The number of fused-ring (bicyclic) bond motifs is 1. The van der Waals surface area contributed by atoms with Crippen LogP contribution in [0.2, 0.25) is 0 Å². The van der Waals surface area contributed by atoms with E-state index in [9.17, 15) is 4.79 Å². The van der Waals surface area contributed by atoms with Gasteiger partial charge in [0.25, 0.3) is 0 Å². The van der Waals surface area contributed by atoms with Crippen molar-refractivity contribution >= 4 is 22.7 Å². The largest absolute Gasteiger partial charge is 0.460 e. The SMILES string of the molecule is Cc1nccc(-c2cnc3[nH]ccc3c2NC2CC(CC(=O)OC(C)(C)C)C2)n1. The van der Waals surface area contributed by atoms with E-state index in [1.807, 2.05) is 52.2 Å². The Morgan fingerprint density at radius 3 is 2.79 bits per heavy atom. The number of esters is 1. The maximum atomic E-state index is 12.1. The summed E-state index contributed by atoms with van der Waals surface area (Å²) in [4.78, 5) is 28.5. The monoisotopic (exact) mass is 393 g/mol. The fourth-order valence-corrected chi connectivity index (χ4v) is 3.81. The predicted molar refractivity (Wildman–Crippen MR) is 112 cm³/mol. The fraction of sp³-hybridized carbons (Fsp3) is 0.455. The molecule has 0 aliphatic heterocycles. The minimum Gasteiger partial charge on any atom is -0.460 e. The molecule has 1 fully saturated rings. The van der Waals surface area contributed by atoms with E-state index in [0.717, 1.165) is 46.6 Å². The minimum atomic E-state index is -0.431. The van der Waals surface area contributed by atoms with E-state index in [-0.39, 0.29) is 5.97 Å². The van der Waals surface area contributed by atoms with Crippen LogP contribution in [-0.4, -0.2) is 37.5 Å². The van der Waals surface area contributed by atoms with E-state index in [1.54, 1.807) is 6.20 Å². The number of rotatable bonds is 5. The van der Waals surface area contributed by atoms with Gasteiger partial charge in [-0.1, -0.05) is 0 Å². The second-order valence-electron chi connectivity index (χ2n) is 8.75. The third-order valence-electron chi connectivity index (χ3n) is 5.10. The fourth-order valence-electron chi connectivity index (χ4n) is 3.81. The first-order chi connectivity index (χ1) is 13.8. The summed E-state index contributed by atoms with van der Waals surface area (Å²) in [5.41, 5.74) is 3.24. The summed E-state index contributed by atoms with van der Waals surface area (Å²) < 4.78 is 5.45. The average Bonchev–Trinajstić information content (AvgIpc) is 3.07. The Morgan fingerprint density at radius 2 is 2.07 bits per heavy atom. The molecule has 7 heteroatoms. The van der Waals surface area contributed by atoms with Gasteiger partial charge >= 0.3 is 5.97 Å². The lowest BCUT2D eigenvalue weighted by Gasteiger charge is -2.37. The Hall–Kier alpha value is -2.96. The molecule has 0 atom stereocenters. The van der Waals surface area contributed by atoms with Gasteiger partial charge in [-0.15, -0.1) is 0 Å². The molecule has 7 nitrogen and oxygen atoms in total. The Bertz CT molecular complexity index is 1030. The lowest BCUT2D eigenvalue weighted by molar-refractivity contribution is -0.156. The summed E-state index contributed by atoms with van der Waals surface area (Å²) in [6.45, 7) is 7.58. The average molecular weight is 393 g/mol. The number of aromatic nitrogens is 4. The molecule has 29 heavy (non-hydrogen) atoms. The molecule has 2 N–H and O–H groups in total. The molecule has 0 bridgehead atoms. The number of pyridine rings is 1. The lowest BCUT2D eigenvalue weighted by Crippen LogP contribution is -2.37. The zero-order valence-corrected chi connectivity index (χ0v) is 17.3. The standard InChI is InChI=1S/C22H27N5O2/c1-13-23-8-6-18(26-13)17-12-25-21-16(5-7-24-21)20(17)27-15-9-14(10-15)11-19(28)29-22(2,3)4/h5-8,12,14-15H,9-11H2,1-4H3,(H2,24,25,27). The van der Waals surface area contributed by atoms with Gasteiger partial charge in [-0.3, -0.25) is 4.79 Å². The summed E-state index contributed by atoms with van der Waals surface area (Å²) in [7, 11) is 0. The number of hydrogen-bond acceptors (Lipinski definition) is 6.